The van der Waals surface area contributed by atoms with Gasteiger partial charge >= 0.3 is 0 Å². The molecule has 0 aliphatic rings. The van der Waals surface area contributed by atoms with Crippen LogP contribution in [0.15, 0.2) is 17.2 Å². The van der Waals surface area contributed by atoms with Gasteiger partial charge in [0, 0.05) is 12.1 Å². The Morgan fingerprint density at radius 1 is 1.42 bits per heavy atom. The van der Waals surface area contributed by atoms with E-state index in [2.05, 4.69) is 32.2 Å². The minimum absolute atomic E-state index is 0.176. The highest BCUT2D eigenvalue weighted by atomic mass is 32.1. The molecule has 10 heteroatoms. The van der Waals surface area contributed by atoms with Crippen LogP contribution < -0.4 is 5.32 Å². The van der Waals surface area contributed by atoms with Crippen LogP contribution in [0.1, 0.15) is 22.7 Å². The molecule has 0 aromatic carbocycles. The summed E-state index contributed by atoms with van der Waals surface area (Å²) in [5, 5.41) is 14.3. The number of aromatic nitrogens is 5. The van der Waals surface area contributed by atoms with Crippen LogP contribution in [0.5, 0.6) is 0 Å². The number of H-pyrrole nitrogens is 1. The van der Waals surface area contributed by atoms with E-state index in [-0.39, 0.29) is 12.3 Å². The van der Waals surface area contributed by atoms with Gasteiger partial charge in [0.05, 0.1) is 22.7 Å². The van der Waals surface area contributed by atoms with E-state index in [4.69, 9.17) is 16.7 Å². The topological polar surface area (TPSA) is 102 Å². The van der Waals surface area contributed by atoms with E-state index >= 15 is 0 Å². The number of anilines is 1. The molecule has 3 aromatic heterocycles. The Kier molecular flexibility index (Phi) is 5.14. The first-order chi connectivity index (χ1) is 12.4. The van der Waals surface area contributed by atoms with E-state index in [0.717, 1.165) is 16.1 Å². The maximum Gasteiger partial charge on any atom is 0.230 e. The van der Waals surface area contributed by atoms with Crippen molar-refractivity contribution in [2.24, 2.45) is 0 Å². The van der Waals surface area contributed by atoms with E-state index in [1.54, 1.807) is 13.0 Å². The highest BCUT2D eigenvalue weighted by Gasteiger charge is 2.18. The second-order valence-corrected chi connectivity index (χ2v) is 7.10. The van der Waals surface area contributed by atoms with Gasteiger partial charge < -0.3 is 9.84 Å². The first kappa shape index (κ1) is 18.2. The number of aryl methyl sites for hydroxylation is 3. The summed E-state index contributed by atoms with van der Waals surface area (Å²) in [6.07, 6.45) is 1.93. The molecule has 0 saturated carbocycles. The molecular weight excluding hydrogens is 372 g/mol. The standard InChI is InChI=1S/C16H18N6O2S2/c1-5-6-22-14(19-20-16(22)25)13-9(3)17-15(26-13)18-12(23)7-11-8(2)21-24-10(11)4/h5H,1,6-7H2,2-4H3,(H,20,25)(H,17,18,23). The van der Waals surface area contributed by atoms with Crippen molar-refractivity contribution in [1.29, 1.82) is 0 Å². The fourth-order valence-electron chi connectivity index (χ4n) is 2.53. The SMILES string of the molecule is C=CCn1c(-c2sc(NC(=O)Cc3c(C)noc3C)nc2C)n[nH]c1=S. The van der Waals surface area contributed by atoms with Crippen molar-refractivity contribution in [2.75, 3.05) is 5.32 Å². The molecule has 3 heterocycles. The molecule has 0 unspecified atom stereocenters. The molecule has 8 nitrogen and oxygen atoms in total. The van der Waals surface area contributed by atoms with Gasteiger partial charge in [0.1, 0.15) is 5.76 Å². The molecule has 0 fully saturated rings. The summed E-state index contributed by atoms with van der Waals surface area (Å²) < 4.78 is 7.43. The number of aromatic amines is 1. The van der Waals surface area contributed by atoms with Gasteiger partial charge in [-0.3, -0.25) is 14.5 Å². The van der Waals surface area contributed by atoms with Crippen LogP contribution in [-0.4, -0.2) is 30.8 Å². The molecule has 0 aliphatic heterocycles. The number of hydrogen-bond donors (Lipinski definition) is 2. The fraction of sp³-hybridized carbons (Fsp3) is 0.312. The second kappa shape index (κ2) is 7.34. The molecule has 136 valence electrons. The molecule has 0 atom stereocenters. The number of carbonyl (C=O) groups excluding carboxylic acids is 1. The number of allylic oxidation sites excluding steroid dienone is 1. The summed E-state index contributed by atoms with van der Waals surface area (Å²) in [4.78, 5) is 17.6. The fourth-order valence-corrected chi connectivity index (χ4v) is 3.71. The number of carbonyl (C=O) groups is 1. The Morgan fingerprint density at radius 2 is 2.19 bits per heavy atom. The van der Waals surface area contributed by atoms with Crippen molar-refractivity contribution in [2.45, 2.75) is 33.7 Å². The predicted molar refractivity (Wildman–Crippen MR) is 102 cm³/mol. The van der Waals surface area contributed by atoms with Crippen LogP contribution >= 0.6 is 23.6 Å². The van der Waals surface area contributed by atoms with Gasteiger partial charge in [-0.25, -0.2) is 4.98 Å². The summed E-state index contributed by atoms with van der Waals surface area (Å²) in [5.41, 5.74) is 2.28. The number of nitrogens with one attached hydrogen (secondary N) is 2. The van der Waals surface area contributed by atoms with E-state index < -0.39 is 0 Å². The van der Waals surface area contributed by atoms with E-state index in [9.17, 15) is 4.79 Å². The van der Waals surface area contributed by atoms with Gasteiger partial charge in [0.25, 0.3) is 0 Å². The summed E-state index contributed by atoms with van der Waals surface area (Å²) in [6, 6.07) is 0. The predicted octanol–water partition coefficient (Wildman–Crippen LogP) is 3.34. The number of rotatable bonds is 6. The third-order valence-corrected chi connectivity index (χ3v) is 5.22. The Bertz CT molecular complexity index is 1010. The summed E-state index contributed by atoms with van der Waals surface area (Å²) in [7, 11) is 0. The van der Waals surface area contributed by atoms with Gasteiger partial charge in [-0.2, -0.15) is 5.10 Å². The molecule has 1 amide bonds. The third-order valence-electron chi connectivity index (χ3n) is 3.83. The van der Waals surface area contributed by atoms with Crippen molar-refractivity contribution in [3.8, 4) is 10.7 Å². The Labute approximate surface area is 158 Å². The highest BCUT2D eigenvalue weighted by Crippen LogP contribution is 2.31. The zero-order chi connectivity index (χ0) is 18.8. The first-order valence-electron chi connectivity index (χ1n) is 7.86. The van der Waals surface area contributed by atoms with E-state index in [0.29, 0.717) is 33.7 Å². The van der Waals surface area contributed by atoms with Crippen molar-refractivity contribution >= 4 is 34.6 Å². The van der Waals surface area contributed by atoms with E-state index in [1.807, 2.05) is 18.4 Å². The molecular formula is C16H18N6O2S2. The number of amides is 1. The normalized spacial score (nSPS) is 10.9. The Hall–Kier alpha value is -2.59. The number of hydrogen-bond acceptors (Lipinski definition) is 7. The zero-order valence-electron chi connectivity index (χ0n) is 14.6. The van der Waals surface area contributed by atoms with Crippen LogP contribution in [0.3, 0.4) is 0 Å². The van der Waals surface area contributed by atoms with Crippen LogP contribution in [0.25, 0.3) is 10.7 Å². The molecule has 0 aliphatic carbocycles. The minimum atomic E-state index is -0.176. The lowest BCUT2D eigenvalue weighted by atomic mass is 10.1. The minimum Gasteiger partial charge on any atom is -0.361 e. The van der Waals surface area contributed by atoms with E-state index in [1.165, 1.54) is 11.3 Å². The maximum atomic E-state index is 12.3. The quantitative estimate of drug-likeness (QED) is 0.494. The van der Waals surface area contributed by atoms with Gasteiger partial charge in [-0.05, 0) is 33.0 Å². The van der Waals surface area contributed by atoms with Crippen molar-refractivity contribution in [3.05, 3.63) is 40.1 Å². The lowest BCUT2D eigenvalue weighted by molar-refractivity contribution is -0.115. The lowest BCUT2D eigenvalue weighted by Crippen LogP contribution is -2.15. The molecule has 3 rings (SSSR count). The monoisotopic (exact) mass is 390 g/mol. The average molecular weight is 390 g/mol. The largest absolute Gasteiger partial charge is 0.361 e. The van der Waals surface area contributed by atoms with Crippen molar-refractivity contribution < 1.29 is 9.32 Å². The summed E-state index contributed by atoms with van der Waals surface area (Å²) in [6.45, 7) is 9.74. The molecule has 0 saturated heterocycles. The molecule has 0 radical (unpaired) electrons. The number of nitrogens with zero attached hydrogens (tertiary/aromatic N) is 4. The van der Waals surface area contributed by atoms with Gasteiger partial charge in [0.15, 0.2) is 15.7 Å². The molecule has 26 heavy (non-hydrogen) atoms. The highest BCUT2D eigenvalue weighted by molar-refractivity contribution is 7.71. The Balaban J connectivity index is 1.81. The van der Waals surface area contributed by atoms with Gasteiger partial charge in [-0.15, -0.1) is 6.58 Å². The van der Waals surface area contributed by atoms with Crippen molar-refractivity contribution in [1.82, 2.24) is 24.9 Å². The number of thiazole rings is 1. The molecule has 0 bridgehead atoms. The molecule has 0 spiro atoms. The summed E-state index contributed by atoms with van der Waals surface area (Å²) >= 11 is 6.59. The lowest BCUT2D eigenvalue weighted by Gasteiger charge is -2.02. The second-order valence-electron chi connectivity index (χ2n) is 5.71. The zero-order valence-corrected chi connectivity index (χ0v) is 16.3. The average Bonchev–Trinajstić information content (AvgIpc) is 3.22. The van der Waals surface area contributed by atoms with Gasteiger partial charge in [-0.1, -0.05) is 22.6 Å². The van der Waals surface area contributed by atoms with Gasteiger partial charge in [0.2, 0.25) is 5.91 Å². The van der Waals surface area contributed by atoms with Crippen LogP contribution in [-0.2, 0) is 17.8 Å². The van der Waals surface area contributed by atoms with Crippen molar-refractivity contribution in [3.63, 3.8) is 0 Å². The van der Waals surface area contributed by atoms with Crippen LogP contribution in [0, 0.1) is 25.5 Å². The Morgan fingerprint density at radius 3 is 2.85 bits per heavy atom. The maximum absolute atomic E-state index is 12.3. The smallest absolute Gasteiger partial charge is 0.230 e. The first-order valence-corrected chi connectivity index (χ1v) is 9.08. The third kappa shape index (κ3) is 3.51. The molecule has 3 aromatic rings. The molecule has 2 N–H and O–H groups in total. The van der Waals surface area contributed by atoms with Crippen LogP contribution in [0.4, 0.5) is 5.13 Å². The summed E-state index contributed by atoms with van der Waals surface area (Å²) in [5.74, 6) is 1.15. The van der Waals surface area contributed by atoms with Crippen LogP contribution in [0.2, 0.25) is 0 Å².